The smallest absolute Gasteiger partial charge is 0.288 e. The molecule has 0 radical (unpaired) electrons. The van der Waals surface area contributed by atoms with E-state index in [9.17, 15) is 13.6 Å². The minimum atomic E-state index is -2.52. The first-order valence-electron chi connectivity index (χ1n) is 7.80. The summed E-state index contributed by atoms with van der Waals surface area (Å²) in [6.07, 6.45) is 1.71. The van der Waals surface area contributed by atoms with E-state index in [4.69, 9.17) is 0 Å². The number of rotatable bonds is 7. The fourth-order valence-electron chi connectivity index (χ4n) is 2.41. The van der Waals surface area contributed by atoms with Crippen molar-refractivity contribution in [3.63, 3.8) is 0 Å². The van der Waals surface area contributed by atoms with E-state index < -0.39 is 5.76 Å². The zero-order valence-electron chi connectivity index (χ0n) is 13.2. The quantitative estimate of drug-likeness (QED) is 0.546. The second-order valence-electron chi connectivity index (χ2n) is 5.35. The van der Waals surface area contributed by atoms with Gasteiger partial charge in [-0.15, -0.1) is 11.3 Å². The number of alkyl halides is 2. The Bertz CT molecular complexity index is 834. The summed E-state index contributed by atoms with van der Waals surface area (Å²) in [7, 11) is 0. The van der Waals surface area contributed by atoms with Crippen LogP contribution in [0.15, 0.2) is 53.4 Å². The summed E-state index contributed by atoms with van der Waals surface area (Å²) in [6, 6.07) is 14.5. The van der Waals surface area contributed by atoms with Crippen LogP contribution in [0.4, 0.5) is 14.5 Å². The molecule has 0 unspecified atom stereocenters. The van der Waals surface area contributed by atoms with Crippen LogP contribution in [0.25, 0.3) is 10.2 Å². The maximum atomic E-state index is 12.6. The number of thiazole rings is 1. The SMILES string of the molecule is O=C(CCCc1nc2ccccc2s1)Nc1ccccc1SC(F)F. The molecule has 0 aliphatic rings. The monoisotopic (exact) mass is 378 g/mol. The molecule has 1 aromatic heterocycles. The van der Waals surface area contributed by atoms with E-state index >= 15 is 0 Å². The predicted octanol–water partition coefficient (Wildman–Crippen LogP) is 5.57. The van der Waals surface area contributed by atoms with Crippen molar-refractivity contribution >= 4 is 44.9 Å². The van der Waals surface area contributed by atoms with E-state index in [0.717, 1.165) is 21.6 Å². The van der Waals surface area contributed by atoms with Gasteiger partial charge in [0.15, 0.2) is 0 Å². The lowest BCUT2D eigenvalue weighted by atomic mass is 10.2. The molecule has 3 nitrogen and oxygen atoms in total. The van der Waals surface area contributed by atoms with Crippen molar-refractivity contribution in [2.45, 2.75) is 29.9 Å². The van der Waals surface area contributed by atoms with Gasteiger partial charge in [0.05, 0.1) is 20.9 Å². The maximum Gasteiger partial charge on any atom is 0.288 e. The molecule has 0 saturated carbocycles. The summed E-state index contributed by atoms with van der Waals surface area (Å²) in [6.45, 7) is 0. The number of fused-ring (bicyclic) bond motifs is 1. The van der Waals surface area contributed by atoms with Crippen molar-refractivity contribution < 1.29 is 13.6 Å². The minimum absolute atomic E-state index is 0.177. The molecule has 3 rings (SSSR count). The van der Waals surface area contributed by atoms with Gasteiger partial charge in [-0.05, 0) is 37.1 Å². The van der Waals surface area contributed by atoms with Gasteiger partial charge >= 0.3 is 0 Å². The van der Waals surface area contributed by atoms with Gasteiger partial charge in [0.1, 0.15) is 0 Å². The molecule has 1 N–H and O–H groups in total. The number of para-hydroxylation sites is 2. The van der Waals surface area contributed by atoms with Gasteiger partial charge in [0, 0.05) is 11.3 Å². The number of amides is 1. The molecule has 0 bridgehead atoms. The molecule has 0 aliphatic carbocycles. The number of thioether (sulfide) groups is 1. The highest BCUT2D eigenvalue weighted by atomic mass is 32.2. The number of benzene rings is 2. The van der Waals surface area contributed by atoms with Gasteiger partial charge in [0.2, 0.25) is 5.91 Å². The summed E-state index contributed by atoms with van der Waals surface area (Å²) in [5.41, 5.74) is 1.41. The summed E-state index contributed by atoms with van der Waals surface area (Å²) in [4.78, 5) is 17.0. The van der Waals surface area contributed by atoms with Crippen molar-refractivity contribution in [1.82, 2.24) is 4.98 Å². The normalized spacial score (nSPS) is 11.2. The van der Waals surface area contributed by atoms with E-state index in [-0.39, 0.29) is 5.91 Å². The lowest BCUT2D eigenvalue weighted by Gasteiger charge is -2.10. The second kappa shape index (κ2) is 8.40. The Labute approximate surface area is 152 Å². The third-order valence-electron chi connectivity index (χ3n) is 3.51. The van der Waals surface area contributed by atoms with Gasteiger partial charge in [-0.2, -0.15) is 8.78 Å². The molecule has 2 aromatic carbocycles. The Balaban J connectivity index is 1.53. The summed E-state index contributed by atoms with van der Waals surface area (Å²) in [5, 5.41) is 3.72. The second-order valence-corrected chi connectivity index (χ2v) is 7.50. The van der Waals surface area contributed by atoms with E-state index in [1.54, 1.807) is 35.6 Å². The molecule has 130 valence electrons. The lowest BCUT2D eigenvalue weighted by Crippen LogP contribution is -2.12. The Kier molecular flexibility index (Phi) is 5.99. The number of aryl methyl sites for hydroxylation is 1. The first-order valence-corrected chi connectivity index (χ1v) is 9.49. The van der Waals surface area contributed by atoms with Crippen molar-refractivity contribution in [3.8, 4) is 0 Å². The van der Waals surface area contributed by atoms with Crippen molar-refractivity contribution in [2.24, 2.45) is 0 Å². The van der Waals surface area contributed by atoms with Crippen LogP contribution in [0.2, 0.25) is 0 Å². The molecule has 1 heterocycles. The molecule has 0 saturated heterocycles. The number of anilines is 1. The Morgan fingerprint density at radius 3 is 2.72 bits per heavy atom. The van der Waals surface area contributed by atoms with Gasteiger partial charge in [0.25, 0.3) is 5.76 Å². The molecule has 25 heavy (non-hydrogen) atoms. The van der Waals surface area contributed by atoms with Crippen LogP contribution < -0.4 is 5.32 Å². The number of nitrogens with one attached hydrogen (secondary N) is 1. The number of carbonyl (C=O) groups excluding carboxylic acids is 1. The Morgan fingerprint density at radius 2 is 1.92 bits per heavy atom. The third kappa shape index (κ3) is 4.99. The van der Waals surface area contributed by atoms with Crippen LogP contribution in [0.3, 0.4) is 0 Å². The molecular formula is C18H16F2N2OS2. The lowest BCUT2D eigenvalue weighted by molar-refractivity contribution is -0.116. The number of carbonyl (C=O) groups is 1. The van der Waals surface area contributed by atoms with Crippen LogP contribution in [0.5, 0.6) is 0 Å². The highest BCUT2D eigenvalue weighted by Gasteiger charge is 2.12. The average molecular weight is 378 g/mol. The standard InChI is InChI=1S/C18H16F2N2OS2/c19-18(20)25-15-9-4-1-6-12(15)21-16(23)10-5-11-17-22-13-7-2-3-8-14(13)24-17/h1-4,6-9,18H,5,10-11H2,(H,21,23). The van der Waals surface area contributed by atoms with Crippen LogP contribution >= 0.6 is 23.1 Å². The number of hydrogen-bond acceptors (Lipinski definition) is 4. The Hall–Kier alpha value is -1.99. The molecule has 0 atom stereocenters. The largest absolute Gasteiger partial charge is 0.325 e. The molecule has 0 aliphatic heterocycles. The Morgan fingerprint density at radius 1 is 1.16 bits per heavy atom. The summed E-state index contributed by atoms with van der Waals surface area (Å²) >= 11 is 2.07. The fourth-order valence-corrected chi connectivity index (χ4v) is 4.01. The minimum Gasteiger partial charge on any atom is -0.325 e. The van der Waals surface area contributed by atoms with E-state index in [2.05, 4.69) is 10.3 Å². The van der Waals surface area contributed by atoms with Crippen LogP contribution in [-0.4, -0.2) is 16.6 Å². The molecular weight excluding hydrogens is 362 g/mol. The predicted molar refractivity (Wildman–Crippen MR) is 99.5 cm³/mol. The zero-order valence-corrected chi connectivity index (χ0v) is 14.9. The van der Waals surface area contributed by atoms with Gasteiger partial charge in [-0.1, -0.05) is 36.0 Å². The number of hydrogen-bond donors (Lipinski definition) is 1. The summed E-state index contributed by atoms with van der Waals surface area (Å²) in [5.74, 6) is -2.69. The zero-order chi connectivity index (χ0) is 17.6. The molecule has 0 fully saturated rings. The highest BCUT2D eigenvalue weighted by molar-refractivity contribution is 7.99. The first kappa shape index (κ1) is 17.8. The maximum absolute atomic E-state index is 12.6. The van der Waals surface area contributed by atoms with Crippen LogP contribution in [-0.2, 0) is 11.2 Å². The van der Waals surface area contributed by atoms with Crippen molar-refractivity contribution in [3.05, 3.63) is 53.5 Å². The van der Waals surface area contributed by atoms with E-state index in [1.807, 2.05) is 24.3 Å². The molecule has 3 aromatic rings. The molecule has 1 amide bonds. The van der Waals surface area contributed by atoms with Crippen molar-refractivity contribution in [1.29, 1.82) is 0 Å². The first-order chi connectivity index (χ1) is 12.1. The topological polar surface area (TPSA) is 42.0 Å². The van der Waals surface area contributed by atoms with Gasteiger partial charge < -0.3 is 5.32 Å². The number of halogens is 2. The fraction of sp³-hybridized carbons (Fsp3) is 0.222. The number of aromatic nitrogens is 1. The van der Waals surface area contributed by atoms with Crippen LogP contribution in [0.1, 0.15) is 17.8 Å². The van der Waals surface area contributed by atoms with Gasteiger partial charge in [-0.3, -0.25) is 4.79 Å². The number of nitrogens with zero attached hydrogens (tertiary/aromatic N) is 1. The van der Waals surface area contributed by atoms with Gasteiger partial charge in [-0.25, -0.2) is 4.98 Å². The van der Waals surface area contributed by atoms with E-state index in [0.29, 0.717) is 35.2 Å². The van der Waals surface area contributed by atoms with Crippen LogP contribution in [0, 0.1) is 0 Å². The highest BCUT2D eigenvalue weighted by Crippen LogP contribution is 2.31. The average Bonchev–Trinajstić information content (AvgIpc) is 2.99. The molecule has 7 heteroatoms. The van der Waals surface area contributed by atoms with E-state index in [1.165, 1.54) is 0 Å². The summed E-state index contributed by atoms with van der Waals surface area (Å²) < 4.78 is 26.3. The van der Waals surface area contributed by atoms with Crippen molar-refractivity contribution in [2.75, 3.05) is 5.32 Å². The third-order valence-corrected chi connectivity index (χ3v) is 5.39. The molecule has 0 spiro atoms.